The maximum atomic E-state index is 11.9. The molecule has 0 aromatic rings. The first kappa shape index (κ1) is 12.9. The second-order valence-electron chi connectivity index (χ2n) is 1.34. The monoisotopic (exact) mass is 256 g/mol. The quantitative estimate of drug-likeness (QED) is 0.389. The number of allylic oxidation sites excluding steroid dienone is 3. The zero-order valence-corrected chi connectivity index (χ0v) is 9.63. The van der Waals surface area contributed by atoms with Crippen LogP contribution in [0.3, 0.4) is 0 Å². The molecule has 0 nitrogen and oxygen atoms in total. The minimum atomic E-state index is -0.854. The molecule has 0 unspecified atom stereocenters. The van der Waals surface area contributed by atoms with Crippen LogP contribution in [-0.2, 0) is 19.5 Å². The maximum absolute atomic E-state index is 11.9. The van der Waals surface area contributed by atoms with E-state index in [1.54, 1.807) is 0 Å². The summed E-state index contributed by atoms with van der Waals surface area (Å²) in [5, 5.41) is 0. The molecule has 0 saturated carbocycles. The van der Waals surface area contributed by atoms with Crippen LogP contribution in [0, 0.1) is 6.17 Å². The third-order valence-corrected chi connectivity index (χ3v) is 0.764. The molecule has 0 amide bonds. The Balaban J connectivity index is 0. The van der Waals surface area contributed by atoms with Crippen molar-refractivity contribution in [3.05, 3.63) is 36.0 Å². The van der Waals surface area contributed by atoms with E-state index < -0.39 is 12.0 Å². The molecule has 0 spiro atoms. The first-order valence-corrected chi connectivity index (χ1v) is 2.12. The van der Waals surface area contributed by atoms with Gasteiger partial charge in [0.25, 0.3) is 0 Å². The molecule has 0 heterocycles. The van der Waals surface area contributed by atoms with E-state index in [1.165, 1.54) is 6.08 Å². The minimum absolute atomic E-state index is 0. The molecule has 0 fully saturated rings. The van der Waals surface area contributed by atoms with Crippen LogP contribution >= 0.6 is 0 Å². The van der Waals surface area contributed by atoms with Gasteiger partial charge in [0.15, 0.2) is 0 Å². The summed E-state index contributed by atoms with van der Waals surface area (Å²) in [6.07, 6.45) is 2.44. The third-order valence-electron chi connectivity index (χ3n) is 0.764. The van der Waals surface area contributed by atoms with Crippen LogP contribution in [0.5, 0.6) is 0 Å². The van der Waals surface area contributed by atoms with Gasteiger partial charge in [-0.15, -0.1) is 5.73 Å². The molecule has 1 aliphatic carbocycles. The summed E-state index contributed by atoms with van der Waals surface area (Å²) in [6.45, 7) is 0. The second-order valence-corrected chi connectivity index (χ2v) is 1.34. The van der Waals surface area contributed by atoms with Crippen molar-refractivity contribution in [3.63, 3.8) is 0 Å². The zero-order chi connectivity index (χ0) is 5.98. The van der Waals surface area contributed by atoms with E-state index in [1.807, 2.05) is 0 Å². The van der Waals surface area contributed by atoms with Gasteiger partial charge < -0.3 is 17.0 Å². The van der Waals surface area contributed by atoms with Crippen LogP contribution in [0.1, 0.15) is 0 Å². The third kappa shape index (κ3) is 3.41. The van der Waals surface area contributed by atoms with E-state index in [-0.39, 0.29) is 36.5 Å². The van der Waals surface area contributed by atoms with Crippen molar-refractivity contribution in [1.82, 2.24) is 0 Å². The molecular weight excluding hydrogens is 255 g/mol. The Morgan fingerprint density at radius 2 is 1.90 bits per heavy atom. The Morgan fingerprint density at radius 1 is 1.30 bits per heavy atom. The van der Waals surface area contributed by atoms with Gasteiger partial charge in [-0.25, -0.2) is 8.78 Å². The molecule has 0 atom stereocenters. The van der Waals surface area contributed by atoms with E-state index >= 15 is 0 Å². The fraction of sp³-hybridized carbons (Fsp3) is 0. The summed E-state index contributed by atoms with van der Waals surface area (Å²) in [4.78, 5) is 0. The van der Waals surface area contributed by atoms with E-state index in [4.69, 9.17) is 0 Å². The summed E-state index contributed by atoms with van der Waals surface area (Å²) in [6, 6.07) is 0. The molecule has 51 valence electrons. The Morgan fingerprint density at radius 3 is 2.20 bits per heavy atom. The van der Waals surface area contributed by atoms with Gasteiger partial charge in [-0.3, -0.25) is 0 Å². The van der Waals surface area contributed by atoms with Crippen LogP contribution in [-0.4, -0.2) is 0 Å². The van der Waals surface area contributed by atoms with Crippen molar-refractivity contribution < 1.29 is 45.2 Å². The zero-order valence-electron chi connectivity index (χ0n) is 5.07. The summed E-state index contributed by atoms with van der Waals surface area (Å²) in [5.74, 6) is -0.830. The van der Waals surface area contributed by atoms with Gasteiger partial charge in [-0.2, -0.15) is 0 Å². The number of rotatable bonds is 0. The normalized spacial score (nSPS) is 15.2. The van der Waals surface area contributed by atoms with Crippen molar-refractivity contribution in [2.24, 2.45) is 0 Å². The topological polar surface area (TPSA) is 0 Å². The first-order valence-electron chi connectivity index (χ1n) is 2.12. The molecule has 10 heavy (non-hydrogen) atoms. The van der Waals surface area contributed by atoms with Crippen LogP contribution in [0.2, 0.25) is 0 Å². The number of halogens is 3. The van der Waals surface area contributed by atoms with Crippen molar-refractivity contribution in [2.45, 2.75) is 0 Å². The van der Waals surface area contributed by atoms with Gasteiger partial charge in [0.05, 0.1) is 0 Å². The van der Waals surface area contributed by atoms with Gasteiger partial charge in [-0.1, -0.05) is 0 Å². The van der Waals surface area contributed by atoms with Crippen molar-refractivity contribution in [2.75, 3.05) is 0 Å². The summed E-state index contributed by atoms with van der Waals surface area (Å²) in [7, 11) is 0. The van der Waals surface area contributed by atoms with Gasteiger partial charge in [-0.05, 0) is 12.2 Å². The van der Waals surface area contributed by atoms with E-state index in [0.29, 0.717) is 0 Å². The predicted molar refractivity (Wildman–Crippen MR) is 26.2 cm³/mol. The molecule has 0 saturated heterocycles. The summed E-state index contributed by atoms with van der Waals surface area (Å²) >= 11 is 0. The van der Waals surface area contributed by atoms with Crippen LogP contribution in [0.25, 0.3) is 0 Å². The van der Waals surface area contributed by atoms with Gasteiger partial charge >= 0.3 is 0 Å². The average Bonchev–Trinajstić information content (AvgIpc) is 1.77. The van der Waals surface area contributed by atoms with Crippen LogP contribution in [0.15, 0.2) is 29.8 Å². The maximum Gasteiger partial charge on any atom is 0.231 e. The smallest absolute Gasteiger partial charge is 0.231 e. The fourth-order valence-electron chi connectivity index (χ4n) is 0.391. The van der Waals surface area contributed by atoms with Crippen LogP contribution in [0.4, 0.5) is 8.78 Å². The Hall–Kier alpha value is 0.223. The fourth-order valence-corrected chi connectivity index (χ4v) is 0.391. The van der Waals surface area contributed by atoms with Crippen molar-refractivity contribution in [1.29, 1.82) is 0 Å². The molecule has 4 heteroatoms. The van der Waals surface area contributed by atoms with E-state index in [2.05, 4.69) is 5.73 Å². The van der Waals surface area contributed by atoms with Gasteiger partial charge in [0, 0.05) is 25.6 Å². The molecular formula is C6H3BrF2Zn-. The molecule has 0 N–H and O–H groups in total. The minimum Gasteiger partial charge on any atom is -1.00 e. The molecule has 1 aliphatic rings. The average molecular weight is 258 g/mol. The SMILES string of the molecule is F[C]1C=C=CC=C1F.[Br-].[Zn]. The van der Waals surface area contributed by atoms with Crippen molar-refractivity contribution in [3.8, 4) is 0 Å². The van der Waals surface area contributed by atoms with Gasteiger partial charge in [0.2, 0.25) is 6.17 Å². The predicted octanol–water partition coefficient (Wildman–Crippen LogP) is -0.932. The Kier molecular flexibility index (Phi) is 7.67. The molecule has 0 aromatic heterocycles. The first-order chi connectivity index (χ1) is 3.80. The summed E-state index contributed by atoms with van der Waals surface area (Å²) in [5.41, 5.74) is 2.39. The molecule has 0 aliphatic heterocycles. The molecule has 0 aromatic carbocycles. The van der Waals surface area contributed by atoms with E-state index in [0.717, 1.165) is 12.2 Å². The molecule has 1 radical (unpaired) electrons. The molecule has 0 bridgehead atoms. The molecule has 1 rings (SSSR count). The largest absolute Gasteiger partial charge is 1.00 e. The second kappa shape index (κ2) is 5.97. The summed E-state index contributed by atoms with van der Waals surface area (Å²) < 4.78 is 23.8. The number of hydrogen-bond acceptors (Lipinski definition) is 0. The standard InChI is InChI=1S/C6H3F2.BrH.Zn/c7-5-3-1-2-4-6(5)8;;/h1,3-4H;1H;/p-1. The van der Waals surface area contributed by atoms with Gasteiger partial charge in [0.1, 0.15) is 5.83 Å². The van der Waals surface area contributed by atoms with Crippen molar-refractivity contribution >= 4 is 0 Å². The van der Waals surface area contributed by atoms with Crippen LogP contribution < -0.4 is 17.0 Å². The van der Waals surface area contributed by atoms with E-state index in [9.17, 15) is 8.78 Å². The number of hydrogen-bond donors (Lipinski definition) is 0. The Labute approximate surface area is 81.2 Å². The Bertz CT molecular complexity index is 182.